The third-order valence-electron chi connectivity index (χ3n) is 3.57. The van der Waals surface area contributed by atoms with Crippen molar-refractivity contribution in [2.75, 3.05) is 5.32 Å². The monoisotopic (exact) mass is 370 g/mol. The molecule has 6 heteroatoms. The van der Waals surface area contributed by atoms with Crippen molar-refractivity contribution in [3.63, 3.8) is 0 Å². The number of para-hydroxylation sites is 1. The summed E-state index contributed by atoms with van der Waals surface area (Å²) in [4.78, 5) is 28.4. The van der Waals surface area contributed by atoms with Gasteiger partial charge in [-0.25, -0.2) is 4.98 Å². The van der Waals surface area contributed by atoms with Gasteiger partial charge in [0.05, 0.1) is 17.8 Å². The van der Waals surface area contributed by atoms with Gasteiger partial charge < -0.3 is 5.32 Å². The molecule has 0 saturated carbocycles. The first kappa shape index (κ1) is 17.3. The summed E-state index contributed by atoms with van der Waals surface area (Å²) in [5, 5.41) is 6.15. The topological polar surface area (TPSA) is 59.1 Å². The van der Waals surface area contributed by atoms with Crippen LogP contribution in [0, 0.1) is 0 Å². The van der Waals surface area contributed by atoms with Crippen molar-refractivity contribution in [1.82, 2.24) is 4.98 Å². The van der Waals surface area contributed by atoms with Crippen LogP contribution in [0.1, 0.15) is 23.0 Å². The molecule has 0 unspecified atom stereocenters. The lowest BCUT2D eigenvalue weighted by molar-refractivity contribution is -0.115. The number of hydrogen-bond donors (Lipinski definition) is 1. The lowest BCUT2D eigenvalue weighted by Crippen LogP contribution is -2.16. The summed E-state index contributed by atoms with van der Waals surface area (Å²) in [6, 6.07) is 14.4. The van der Waals surface area contributed by atoms with E-state index in [1.54, 1.807) is 24.3 Å². The molecule has 0 fully saturated rings. The average Bonchev–Trinajstić information content (AvgIpc) is 3.04. The molecule has 3 rings (SSSR count). The van der Waals surface area contributed by atoms with Gasteiger partial charge in [0.2, 0.25) is 5.91 Å². The Morgan fingerprint density at radius 1 is 1.12 bits per heavy atom. The molecule has 0 radical (unpaired) electrons. The molecule has 1 heterocycles. The van der Waals surface area contributed by atoms with Crippen LogP contribution in [-0.4, -0.2) is 16.7 Å². The van der Waals surface area contributed by atoms with Crippen LogP contribution < -0.4 is 5.32 Å². The molecule has 1 aromatic heterocycles. The first-order valence-electron chi connectivity index (χ1n) is 7.63. The third kappa shape index (κ3) is 4.32. The van der Waals surface area contributed by atoms with Crippen LogP contribution in [-0.2, 0) is 11.2 Å². The summed E-state index contributed by atoms with van der Waals surface area (Å²) in [6.07, 6.45) is 0.149. The smallest absolute Gasteiger partial charge is 0.230 e. The predicted octanol–water partition coefficient (Wildman–Crippen LogP) is 4.85. The summed E-state index contributed by atoms with van der Waals surface area (Å²) < 4.78 is 0. The molecule has 126 valence electrons. The minimum absolute atomic E-state index is 0.0883. The second kappa shape index (κ2) is 7.59. The van der Waals surface area contributed by atoms with Crippen molar-refractivity contribution in [2.45, 2.75) is 13.3 Å². The fourth-order valence-electron chi connectivity index (χ4n) is 2.37. The highest BCUT2D eigenvalue weighted by Gasteiger charge is 2.12. The Morgan fingerprint density at radius 3 is 2.56 bits per heavy atom. The number of aromatic nitrogens is 1. The molecular weight excluding hydrogens is 356 g/mol. The van der Waals surface area contributed by atoms with Gasteiger partial charge in [-0.05, 0) is 31.2 Å². The Labute approximate surface area is 154 Å². The number of nitrogens with one attached hydrogen (secondary N) is 1. The van der Waals surface area contributed by atoms with Gasteiger partial charge in [0, 0.05) is 21.5 Å². The van der Waals surface area contributed by atoms with E-state index in [2.05, 4.69) is 10.3 Å². The molecule has 0 atom stereocenters. The first-order valence-corrected chi connectivity index (χ1v) is 8.89. The van der Waals surface area contributed by atoms with Gasteiger partial charge in [0.25, 0.3) is 0 Å². The number of hydrogen-bond acceptors (Lipinski definition) is 4. The van der Waals surface area contributed by atoms with Gasteiger partial charge >= 0.3 is 0 Å². The Balaban J connectivity index is 1.70. The summed E-state index contributed by atoms with van der Waals surface area (Å²) >= 11 is 7.37. The molecule has 0 bridgehead atoms. The van der Waals surface area contributed by atoms with Crippen molar-refractivity contribution < 1.29 is 9.59 Å². The molecule has 0 saturated heterocycles. The molecule has 4 nitrogen and oxygen atoms in total. The number of Topliss-reactive ketones (excluding diaryl/α,β-unsaturated/α-hetero) is 1. The van der Waals surface area contributed by atoms with Crippen LogP contribution in [0.4, 0.5) is 5.69 Å². The lowest BCUT2D eigenvalue weighted by Gasteiger charge is -2.08. The molecule has 0 aliphatic rings. The Kier molecular flexibility index (Phi) is 5.26. The van der Waals surface area contributed by atoms with Gasteiger partial charge in [-0.1, -0.05) is 35.9 Å². The molecule has 0 aliphatic heterocycles. The SMILES string of the molecule is CC(=O)c1ccccc1NC(=O)Cc1csc(-c2ccc(Cl)cc2)n1. The summed E-state index contributed by atoms with van der Waals surface area (Å²) in [6.45, 7) is 1.48. The highest BCUT2D eigenvalue weighted by Crippen LogP contribution is 2.25. The van der Waals surface area contributed by atoms with E-state index in [0.29, 0.717) is 22.0 Å². The zero-order chi connectivity index (χ0) is 17.8. The normalized spacial score (nSPS) is 10.5. The van der Waals surface area contributed by atoms with E-state index in [1.807, 2.05) is 29.6 Å². The summed E-state index contributed by atoms with van der Waals surface area (Å²) in [5.41, 5.74) is 2.67. The Bertz CT molecular complexity index is 919. The van der Waals surface area contributed by atoms with Crippen LogP contribution in [0.2, 0.25) is 5.02 Å². The Hall–Kier alpha value is -2.50. The van der Waals surface area contributed by atoms with E-state index >= 15 is 0 Å². The minimum atomic E-state index is -0.207. The number of carbonyl (C=O) groups excluding carboxylic acids is 2. The molecule has 0 aliphatic carbocycles. The van der Waals surface area contributed by atoms with Crippen molar-refractivity contribution in [2.24, 2.45) is 0 Å². The van der Waals surface area contributed by atoms with Crippen molar-refractivity contribution in [3.05, 3.63) is 70.2 Å². The van der Waals surface area contributed by atoms with Gasteiger partial charge in [-0.2, -0.15) is 0 Å². The fourth-order valence-corrected chi connectivity index (χ4v) is 3.32. The number of anilines is 1. The third-order valence-corrected chi connectivity index (χ3v) is 4.76. The predicted molar refractivity (Wildman–Crippen MR) is 101 cm³/mol. The van der Waals surface area contributed by atoms with E-state index in [0.717, 1.165) is 10.6 Å². The van der Waals surface area contributed by atoms with Crippen LogP contribution in [0.25, 0.3) is 10.6 Å². The number of carbonyl (C=O) groups is 2. The van der Waals surface area contributed by atoms with E-state index in [4.69, 9.17) is 11.6 Å². The number of rotatable bonds is 5. The number of halogens is 1. The number of nitrogens with zero attached hydrogens (tertiary/aromatic N) is 1. The van der Waals surface area contributed by atoms with E-state index in [1.165, 1.54) is 18.3 Å². The maximum absolute atomic E-state index is 12.3. The van der Waals surface area contributed by atoms with Crippen LogP contribution in [0.5, 0.6) is 0 Å². The highest BCUT2D eigenvalue weighted by atomic mass is 35.5. The van der Waals surface area contributed by atoms with Crippen molar-refractivity contribution in [3.8, 4) is 10.6 Å². The second-order valence-corrected chi connectivity index (χ2v) is 6.77. The number of amides is 1. The van der Waals surface area contributed by atoms with Gasteiger partial charge in [0.1, 0.15) is 5.01 Å². The second-order valence-electron chi connectivity index (χ2n) is 5.48. The summed E-state index contributed by atoms with van der Waals surface area (Å²) in [5.74, 6) is -0.295. The van der Waals surface area contributed by atoms with Crippen molar-refractivity contribution in [1.29, 1.82) is 0 Å². The van der Waals surface area contributed by atoms with Crippen molar-refractivity contribution >= 4 is 40.3 Å². The Morgan fingerprint density at radius 2 is 1.84 bits per heavy atom. The average molecular weight is 371 g/mol. The molecular formula is C19H15ClN2O2S. The molecule has 3 aromatic rings. The fraction of sp³-hybridized carbons (Fsp3) is 0.105. The summed E-state index contributed by atoms with van der Waals surface area (Å²) in [7, 11) is 0. The molecule has 1 N–H and O–H groups in total. The van der Waals surface area contributed by atoms with E-state index in [9.17, 15) is 9.59 Å². The highest BCUT2D eigenvalue weighted by molar-refractivity contribution is 7.13. The van der Waals surface area contributed by atoms with Crippen LogP contribution in [0.3, 0.4) is 0 Å². The number of ketones is 1. The van der Waals surface area contributed by atoms with Gasteiger partial charge in [-0.3, -0.25) is 9.59 Å². The lowest BCUT2D eigenvalue weighted by atomic mass is 10.1. The maximum Gasteiger partial charge on any atom is 0.230 e. The van der Waals surface area contributed by atoms with E-state index < -0.39 is 0 Å². The van der Waals surface area contributed by atoms with E-state index in [-0.39, 0.29) is 18.1 Å². The molecule has 1 amide bonds. The standard InChI is InChI=1S/C19H15ClN2O2S/c1-12(23)16-4-2-3-5-17(16)22-18(24)10-15-11-25-19(21-15)13-6-8-14(20)9-7-13/h2-9,11H,10H2,1H3,(H,22,24). The maximum atomic E-state index is 12.3. The zero-order valence-corrected chi connectivity index (χ0v) is 15.0. The first-order chi connectivity index (χ1) is 12.0. The molecule has 2 aromatic carbocycles. The molecule has 25 heavy (non-hydrogen) atoms. The van der Waals surface area contributed by atoms with Gasteiger partial charge in [0.15, 0.2) is 5.78 Å². The number of thiazole rings is 1. The van der Waals surface area contributed by atoms with Crippen LogP contribution in [0.15, 0.2) is 53.9 Å². The molecule has 0 spiro atoms. The minimum Gasteiger partial charge on any atom is -0.325 e. The quantitative estimate of drug-likeness (QED) is 0.653. The largest absolute Gasteiger partial charge is 0.325 e. The van der Waals surface area contributed by atoms with Gasteiger partial charge in [-0.15, -0.1) is 11.3 Å². The van der Waals surface area contributed by atoms with Crippen LogP contribution >= 0.6 is 22.9 Å². The number of benzene rings is 2. The zero-order valence-electron chi connectivity index (χ0n) is 13.5.